The lowest BCUT2D eigenvalue weighted by Gasteiger charge is -2.24. The van der Waals surface area contributed by atoms with Crippen molar-refractivity contribution in [3.8, 4) is 22.9 Å². The van der Waals surface area contributed by atoms with Gasteiger partial charge in [0.25, 0.3) is 5.91 Å². The molecule has 1 aliphatic rings. The Morgan fingerprint density at radius 3 is 2.30 bits per heavy atom. The Hall–Kier alpha value is -3.25. The number of benzene rings is 2. The van der Waals surface area contributed by atoms with E-state index >= 15 is 0 Å². The van der Waals surface area contributed by atoms with Crippen molar-refractivity contribution < 1.29 is 9.21 Å². The van der Waals surface area contributed by atoms with Crippen LogP contribution >= 0.6 is 11.3 Å². The van der Waals surface area contributed by atoms with Crippen LogP contribution in [-0.4, -0.2) is 27.5 Å². The fourth-order valence-corrected chi connectivity index (χ4v) is 4.73. The number of aryl methyl sites for hydroxylation is 1. The van der Waals surface area contributed by atoms with Crippen LogP contribution in [0, 0.1) is 6.92 Å². The smallest absolute Gasteiger partial charge is 0.254 e. The normalized spacial score (nSPS) is 16.2. The molecule has 1 aliphatic heterocycles. The first-order valence-corrected chi connectivity index (χ1v) is 10.9. The molecule has 30 heavy (non-hydrogen) atoms. The Labute approximate surface area is 179 Å². The molecule has 0 bridgehead atoms. The first kappa shape index (κ1) is 18.8. The molecule has 0 radical (unpaired) electrons. The second-order valence-corrected chi connectivity index (χ2v) is 8.51. The number of hydrogen-bond donors (Lipinski definition) is 0. The third-order valence-corrected chi connectivity index (χ3v) is 6.46. The van der Waals surface area contributed by atoms with Crippen molar-refractivity contribution >= 4 is 17.2 Å². The van der Waals surface area contributed by atoms with Gasteiger partial charge in [-0.25, -0.2) is 0 Å². The van der Waals surface area contributed by atoms with E-state index in [9.17, 15) is 4.79 Å². The van der Waals surface area contributed by atoms with E-state index in [0.29, 0.717) is 17.3 Å². The highest BCUT2D eigenvalue weighted by molar-refractivity contribution is 7.10. The number of thiophene rings is 1. The van der Waals surface area contributed by atoms with Crippen LogP contribution < -0.4 is 0 Å². The highest BCUT2D eigenvalue weighted by Crippen LogP contribution is 2.35. The van der Waals surface area contributed by atoms with Crippen molar-refractivity contribution in [3.05, 3.63) is 82.0 Å². The zero-order valence-corrected chi connectivity index (χ0v) is 17.4. The Kier molecular flexibility index (Phi) is 4.93. The number of carbonyl (C=O) groups excluding carboxylic acids is 1. The fraction of sp³-hybridized carbons (Fsp3) is 0.208. The summed E-state index contributed by atoms with van der Waals surface area (Å²) in [6.07, 6.45) is 2.06. The molecule has 0 saturated carbocycles. The minimum absolute atomic E-state index is 0.0725. The molecule has 0 spiro atoms. The molecule has 3 heterocycles. The first-order chi connectivity index (χ1) is 14.7. The van der Waals surface area contributed by atoms with Gasteiger partial charge in [0, 0.05) is 28.1 Å². The standard InChI is InChI=1S/C24H21N3O2S/c1-16-6-8-17(9-7-16)22-25-26-23(29-22)18-10-12-19(13-11-18)24(28)27-14-2-4-20(27)21-5-3-15-30-21/h3,5-13,15,20H,2,4,14H2,1H3. The van der Waals surface area contributed by atoms with Gasteiger partial charge >= 0.3 is 0 Å². The van der Waals surface area contributed by atoms with Crippen LogP contribution in [0.1, 0.15) is 39.7 Å². The SMILES string of the molecule is Cc1ccc(-c2nnc(-c3ccc(C(=O)N4CCCC4c4cccs4)cc3)o2)cc1. The molecule has 0 aliphatic carbocycles. The van der Waals surface area contributed by atoms with Crippen molar-refractivity contribution in [2.75, 3.05) is 6.54 Å². The molecule has 5 rings (SSSR count). The molecule has 4 aromatic rings. The molecule has 1 amide bonds. The van der Waals surface area contributed by atoms with Crippen LogP contribution in [0.2, 0.25) is 0 Å². The van der Waals surface area contributed by atoms with E-state index in [1.165, 1.54) is 10.4 Å². The maximum absolute atomic E-state index is 13.1. The summed E-state index contributed by atoms with van der Waals surface area (Å²) in [4.78, 5) is 16.3. The number of hydrogen-bond acceptors (Lipinski definition) is 5. The van der Waals surface area contributed by atoms with Crippen LogP contribution in [0.4, 0.5) is 0 Å². The number of amides is 1. The van der Waals surface area contributed by atoms with E-state index in [-0.39, 0.29) is 11.9 Å². The third kappa shape index (κ3) is 3.55. The van der Waals surface area contributed by atoms with Crippen LogP contribution in [-0.2, 0) is 0 Å². The van der Waals surface area contributed by atoms with E-state index in [2.05, 4.69) is 21.6 Å². The number of aromatic nitrogens is 2. The van der Waals surface area contributed by atoms with Crippen molar-refractivity contribution in [1.29, 1.82) is 0 Å². The van der Waals surface area contributed by atoms with Crippen molar-refractivity contribution in [3.63, 3.8) is 0 Å². The lowest BCUT2D eigenvalue weighted by Crippen LogP contribution is -2.30. The summed E-state index contributed by atoms with van der Waals surface area (Å²) >= 11 is 1.72. The monoisotopic (exact) mass is 415 g/mol. The minimum atomic E-state index is 0.0725. The van der Waals surface area contributed by atoms with E-state index in [1.54, 1.807) is 11.3 Å². The Morgan fingerprint density at radius 2 is 1.67 bits per heavy atom. The number of carbonyl (C=O) groups is 1. The van der Waals surface area contributed by atoms with Gasteiger partial charge in [-0.1, -0.05) is 23.8 Å². The summed E-state index contributed by atoms with van der Waals surface area (Å²) in [5, 5.41) is 10.4. The zero-order chi connectivity index (χ0) is 20.5. The Bertz CT molecular complexity index is 1150. The van der Waals surface area contributed by atoms with Crippen LogP contribution in [0.5, 0.6) is 0 Å². The molecule has 6 heteroatoms. The maximum atomic E-state index is 13.1. The van der Waals surface area contributed by atoms with Crippen LogP contribution in [0.3, 0.4) is 0 Å². The first-order valence-electron chi connectivity index (χ1n) is 10.0. The van der Waals surface area contributed by atoms with Crippen LogP contribution in [0.15, 0.2) is 70.5 Å². The van der Waals surface area contributed by atoms with Gasteiger partial charge in [0.05, 0.1) is 6.04 Å². The van der Waals surface area contributed by atoms with Gasteiger partial charge in [0.1, 0.15) is 0 Å². The number of nitrogens with zero attached hydrogens (tertiary/aromatic N) is 3. The molecule has 0 N–H and O–H groups in total. The molecule has 2 aromatic heterocycles. The van der Waals surface area contributed by atoms with Crippen molar-refractivity contribution in [2.45, 2.75) is 25.8 Å². The third-order valence-electron chi connectivity index (χ3n) is 5.49. The predicted octanol–water partition coefficient (Wildman–Crippen LogP) is 5.75. The molecule has 150 valence electrons. The van der Waals surface area contributed by atoms with E-state index in [1.807, 2.05) is 66.4 Å². The largest absolute Gasteiger partial charge is 0.416 e. The van der Waals surface area contributed by atoms with Gasteiger partial charge in [-0.15, -0.1) is 21.5 Å². The molecular weight excluding hydrogens is 394 g/mol. The van der Waals surface area contributed by atoms with Gasteiger partial charge in [-0.05, 0) is 67.6 Å². The average molecular weight is 416 g/mol. The van der Waals surface area contributed by atoms with Gasteiger partial charge in [-0.2, -0.15) is 0 Å². The fourth-order valence-electron chi connectivity index (χ4n) is 3.86. The molecular formula is C24H21N3O2S. The van der Waals surface area contributed by atoms with Gasteiger partial charge in [0.2, 0.25) is 11.8 Å². The highest BCUT2D eigenvalue weighted by atomic mass is 32.1. The second-order valence-electron chi connectivity index (χ2n) is 7.53. The summed E-state index contributed by atoms with van der Waals surface area (Å²) in [6.45, 7) is 2.84. The topological polar surface area (TPSA) is 59.2 Å². The van der Waals surface area contributed by atoms with Crippen molar-refractivity contribution in [1.82, 2.24) is 15.1 Å². The molecule has 1 unspecified atom stereocenters. The van der Waals surface area contributed by atoms with Gasteiger partial charge in [-0.3, -0.25) is 4.79 Å². The summed E-state index contributed by atoms with van der Waals surface area (Å²) in [6, 6.07) is 19.7. The van der Waals surface area contributed by atoms with Gasteiger partial charge < -0.3 is 9.32 Å². The zero-order valence-electron chi connectivity index (χ0n) is 16.6. The van der Waals surface area contributed by atoms with Crippen molar-refractivity contribution in [2.24, 2.45) is 0 Å². The lowest BCUT2D eigenvalue weighted by atomic mass is 10.1. The van der Waals surface area contributed by atoms with E-state index in [0.717, 1.165) is 30.5 Å². The number of rotatable bonds is 4. The molecule has 1 atom stereocenters. The predicted molar refractivity (Wildman–Crippen MR) is 117 cm³/mol. The summed E-state index contributed by atoms with van der Waals surface area (Å²) < 4.78 is 5.85. The molecule has 2 aromatic carbocycles. The summed E-state index contributed by atoms with van der Waals surface area (Å²) in [5.74, 6) is 1.01. The number of likely N-dealkylation sites (tertiary alicyclic amines) is 1. The summed E-state index contributed by atoms with van der Waals surface area (Å²) in [5.41, 5.74) is 3.55. The Morgan fingerprint density at radius 1 is 1.00 bits per heavy atom. The quantitative estimate of drug-likeness (QED) is 0.426. The van der Waals surface area contributed by atoms with E-state index in [4.69, 9.17) is 4.42 Å². The lowest BCUT2D eigenvalue weighted by molar-refractivity contribution is 0.0738. The molecule has 1 saturated heterocycles. The second kappa shape index (κ2) is 7.88. The summed E-state index contributed by atoms with van der Waals surface area (Å²) in [7, 11) is 0. The maximum Gasteiger partial charge on any atom is 0.254 e. The molecule has 1 fully saturated rings. The molecule has 5 nitrogen and oxygen atoms in total. The highest BCUT2D eigenvalue weighted by Gasteiger charge is 2.31. The Balaban J connectivity index is 1.34. The van der Waals surface area contributed by atoms with Crippen LogP contribution in [0.25, 0.3) is 22.9 Å². The van der Waals surface area contributed by atoms with Gasteiger partial charge in [0.15, 0.2) is 0 Å². The van der Waals surface area contributed by atoms with E-state index < -0.39 is 0 Å². The average Bonchev–Trinajstić information content (AvgIpc) is 3.55. The minimum Gasteiger partial charge on any atom is -0.416 e.